The summed E-state index contributed by atoms with van der Waals surface area (Å²) in [6.45, 7) is 6.16. The summed E-state index contributed by atoms with van der Waals surface area (Å²) in [5, 5.41) is 18.4. The fraction of sp³-hybridized carbons (Fsp3) is 0.667. The molecule has 0 aromatic rings. The lowest BCUT2D eigenvalue weighted by Crippen LogP contribution is -2.38. The van der Waals surface area contributed by atoms with E-state index in [2.05, 4.69) is 6.58 Å². The highest BCUT2D eigenvalue weighted by Gasteiger charge is 2.24. The van der Waals surface area contributed by atoms with E-state index < -0.39 is 24.3 Å². The standard InChI is InChI=1S/C9H16O4/c1-4-5-8(13-7(3)11)9(12)6(2)10/h4,6,8-10,12H,1,5H2,2-3H3/t6-,8-,9+/m1/s1. The van der Waals surface area contributed by atoms with E-state index in [-0.39, 0.29) is 0 Å². The third-order valence-electron chi connectivity index (χ3n) is 1.59. The molecule has 2 N–H and O–H groups in total. The largest absolute Gasteiger partial charge is 0.459 e. The van der Waals surface area contributed by atoms with Crippen LogP contribution in [0, 0.1) is 0 Å². The minimum atomic E-state index is -1.07. The number of aliphatic hydroxyl groups is 2. The number of hydrogen-bond acceptors (Lipinski definition) is 4. The zero-order valence-electron chi connectivity index (χ0n) is 7.93. The van der Waals surface area contributed by atoms with E-state index in [1.807, 2.05) is 0 Å². The van der Waals surface area contributed by atoms with Gasteiger partial charge in [0.05, 0.1) is 6.10 Å². The van der Waals surface area contributed by atoms with Gasteiger partial charge in [0.1, 0.15) is 12.2 Å². The van der Waals surface area contributed by atoms with Crippen molar-refractivity contribution in [3.8, 4) is 0 Å². The van der Waals surface area contributed by atoms with Gasteiger partial charge in [0.15, 0.2) is 0 Å². The Hall–Kier alpha value is -0.870. The molecule has 0 bridgehead atoms. The Morgan fingerprint density at radius 3 is 2.46 bits per heavy atom. The maximum Gasteiger partial charge on any atom is 0.303 e. The first kappa shape index (κ1) is 12.1. The molecule has 0 rings (SSSR count). The summed E-state index contributed by atoms with van der Waals surface area (Å²) >= 11 is 0. The van der Waals surface area contributed by atoms with Crippen LogP contribution in [-0.2, 0) is 9.53 Å². The summed E-state index contributed by atoms with van der Waals surface area (Å²) in [4.78, 5) is 10.6. The van der Waals surface area contributed by atoms with Gasteiger partial charge >= 0.3 is 5.97 Å². The van der Waals surface area contributed by atoms with Crippen LogP contribution in [-0.4, -0.2) is 34.5 Å². The Morgan fingerprint density at radius 1 is 1.62 bits per heavy atom. The molecule has 13 heavy (non-hydrogen) atoms. The molecule has 76 valence electrons. The Bertz CT molecular complexity index is 176. The van der Waals surface area contributed by atoms with E-state index >= 15 is 0 Å². The highest BCUT2D eigenvalue weighted by atomic mass is 16.6. The Labute approximate surface area is 77.8 Å². The first-order valence-electron chi connectivity index (χ1n) is 4.13. The lowest BCUT2D eigenvalue weighted by atomic mass is 10.1. The molecule has 0 aromatic heterocycles. The van der Waals surface area contributed by atoms with Crippen molar-refractivity contribution < 1.29 is 19.7 Å². The highest BCUT2D eigenvalue weighted by Crippen LogP contribution is 2.09. The van der Waals surface area contributed by atoms with Gasteiger partial charge in [0.2, 0.25) is 0 Å². The second kappa shape index (κ2) is 5.72. The van der Waals surface area contributed by atoms with Crippen LogP contribution in [0.3, 0.4) is 0 Å². The average Bonchev–Trinajstić information content (AvgIpc) is 2.01. The van der Waals surface area contributed by atoms with Crippen LogP contribution in [0.4, 0.5) is 0 Å². The van der Waals surface area contributed by atoms with Crippen LogP contribution in [0.5, 0.6) is 0 Å². The fourth-order valence-corrected chi connectivity index (χ4v) is 0.945. The lowest BCUT2D eigenvalue weighted by molar-refractivity contribution is -0.156. The quantitative estimate of drug-likeness (QED) is 0.479. The minimum Gasteiger partial charge on any atom is -0.459 e. The van der Waals surface area contributed by atoms with Crippen molar-refractivity contribution >= 4 is 5.97 Å². The van der Waals surface area contributed by atoms with Crippen LogP contribution in [0.15, 0.2) is 12.7 Å². The molecule has 0 unspecified atom stereocenters. The van der Waals surface area contributed by atoms with E-state index in [9.17, 15) is 9.90 Å². The van der Waals surface area contributed by atoms with Gasteiger partial charge in [0, 0.05) is 13.3 Å². The number of ether oxygens (including phenoxy) is 1. The summed E-state index contributed by atoms with van der Waals surface area (Å²) in [7, 11) is 0. The molecule has 4 heteroatoms. The SMILES string of the molecule is C=CC[C@@H](OC(C)=O)[C@@H](O)[C@@H](C)O. The van der Waals surface area contributed by atoms with E-state index in [0.717, 1.165) is 0 Å². The van der Waals surface area contributed by atoms with Gasteiger partial charge in [-0.3, -0.25) is 4.79 Å². The van der Waals surface area contributed by atoms with Crippen molar-refractivity contribution in [1.29, 1.82) is 0 Å². The van der Waals surface area contributed by atoms with E-state index in [1.165, 1.54) is 19.9 Å². The smallest absolute Gasteiger partial charge is 0.303 e. The third-order valence-corrected chi connectivity index (χ3v) is 1.59. The van der Waals surface area contributed by atoms with Gasteiger partial charge in [-0.25, -0.2) is 0 Å². The van der Waals surface area contributed by atoms with Crippen molar-refractivity contribution in [3.63, 3.8) is 0 Å². The summed E-state index contributed by atoms with van der Waals surface area (Å²) in [5.74, 6) is -0.480. The number of aliphatic hydroxyl groups excluding tert-OH is 2. The van der Waals surface area contributed by atoms with Crippen LogP contribution in [0.1, 0.15) is 20.3 Å². The molecule has 0 saturated carbocycles. The number of carbonyl (C=O) groups is 1. The van der Waals surface area contributed by atoms with Gasteiger partial charge in [0.25, 0.3) is 0 Å². The van der Waals surface area contributed by atoms with Crippen molar-refractivity contribution in [2.45, 2.75) is 38.6 Å². The Morgan fingerprint density at radius 2 is 2.15 bits per heavy atom. The van der Waals surface area contributed by atoms with Crippen molar-refractivity contribution in [2.75, 3.05) is 0 Å². The second-order valence-electron chi connectivity index (χ2n) is 2.90. The fourth-order valence-electron chi connectivity index (χ4n) is 0.945. The summed E-state index contributed by atoms with van der Waals surface area (Å²) in [5.41, 5.74) is 0. The highest BCUT2D eigenvalue weighted by molar-refractivity contribution is 5.66. The first-order chi connectivity index (χ1) is 5.99. The van der Waals surface area contributed by atoms with Gasteiger partial charge in [-0.05, 0) is 6.92 Å². The molecule has 4 nitrogen and oxygen atoms in total. The molecule has 0 radical (unpaired) electrons. The predicted octanol–water partition coefficient (Wildman–Crippen LogP) is 0.236. The molecule has 0 fully saturated rings. The molecule has 0 aliphatic rings. The Kier molecular flexibility index (Phi) is 5.34. The topological polar surface area (TPSA) is 66.8 Å². The minimum absolute atomic E-state index is 0.325. The maximum atomic E-state index is 10.6. The molecule has 0 saturated heterocycles. The molecule has 0 aliphatic heterocycles. The molecule has 0 heterocycles. The third kappa shape index (κ3) is 4.65. The first-order valence-corrected chi connectivity index (χ1v) is 4.13. The van der Waals surface area contributed by atoms with Crippen LogP contribution in [0.25, 0.3) is 0 Å². The van der Waals surface area contributed by atoms with Crippen molar-refractivity contribution in [2.24, 2.45) is 0 Å². The zero-order chi connectivity index (χ0) is 10.4. The van der Waals surface area contributed by atoms with Gasteiger partial charge in [-0.15, -0.1) is 6.58 Å². The summed E-state index contributed by atoms with van der Waals surface area (Å²) in [6, 6.07) is 0. The molecular formula is C9H16O4. The van der Waals surface area contributed by atoms with Crippen LogP contribution in [0.2, 0.25) is 0 Å². The number of esters is 1. The van der Waals surface area contributed by atoms with Crippen molar-refractivity contribution in [3.05, 3.63) is 12.7 Å². The van der Waals surface area contributed by atoms with E-state index in [0.29, 0.717) is 6.42 Å². The Balaban J connectivity index is 4.21. The summed E-state index contributed by atoms with van der Waals surface area (Å²) < 4.78 is 4.79. The average molecular weight is 188 g/mol. The molecule has 0 amide bonds. The number of carbonyl (C=O) groups excluding carboxylic acids is 1. The molecule has 0 aliphatic carbocycles. The van der Waals surface area contributed by atoms with Gasteiger partial charge in [-0.1, -0.05) is 6.08 Å². The lowest BCUT2D eigenvalue weighted by Gasteiger charge is -2.23. The van der Waals surface area contributed by atoms with Crippen LogP contribution >= 0.6 is 0 Å². The normalized spacial score (nSPS) is 17.2. The second-order valence-corrected chi connectivity index (χ2v) is 2.90. The maximum absolute atomic E-state index is 10.6. The van der Waals surface area contributed by atoms with Crippen molar-refractivity contribution in [1.82, 2.24) is 0 Å². The van der Waals surface area contributed by atoms with Gasteiger partial charge in [-0.2, -0.15) is 0 Å². The van der Waals surface area contributed by atoms with Crippen LogP contribution < -0.4 is 0 Å². The predicted molar refractivity (Wildman–Crippen MR) is 48.1 cm³/mol. The monoisotopic (exact) mass is 188 g/mol. The van der Waals surface area contributed by atoms with Gasteiger partial charge < -0.3 is 14.9 Å². The molecule has 0 aromatic carbocycles. The molecule has 3 atom stereocenters. The van der Waals surface area contributed by atoms with E-state index in [1.54, 1.807) is 0 Å². The number of hydrogen-bond donors (Lipinski definition) is 2. The molecular weight excluding hydrogens is 172 g/mol. The number of rotatable bonds is 5. The zero-order valence-corrected chi connectivity index (χ0v) is 7.93. The summed E-state index contributed by atoms with van der Waals surface area (Å²) in [6.07, 6.45) is -0.855. The molecule has 0 spiro atoms. The van der Waals surface area contributed by atoms with E-state index in [4.69, 9.17) is 9.84 Å².